The fraction of sp³-hybridized carbons (Fsp3) is 0.345. The van der Waals surface area contributed by atoms with Crippen molar-refractivity contribution in [2.45, 2.75) is 103 Å². The van der Waals surface area contributed by atoms with E-state index in [0.29, 0.717) is 70.4 Å². The molecule has 0 fully saturated rings. The second-order valence-electron chi connectivity index (χ2n) is 16.4. The standard InChI is InChI=1S/C36H46FN4O7P.C19H20O4/c37-31-19-17-30(18-20-31)35(44)40-24-9-3-8-16-34(43)41-32(36(45)46-26-28-12-4-1-5-13-28)21-22-33(42)39-23-10-11-25-47-49(38)48-27-29-14-6-2-7-15-29;20-18(22-14-16-8-3-1-4-9-16)12-7-13-19(21)23-15-17-10-5-2-6-11-17/h1-2,4-7,12-15,17-20,32H,3,8-11,16,21-27,38H2,(H,39,42)(H,40,44)(H,41,43);1-6,8-11H,7,12-15H2. The van der Waals surface area contributed by atoms with Crippen molar-refractivity contribution < 1.29 is 56.4 Å². The summed E-state index contributed by atoms with van der Waals surface area (Å²) >= 11 is 0. The van der Waals surface area contributed by atoms with Crippen LogP contribution in [0.2, 0.25) is 0 Å². The number of esters is 3. The van der Waals surface area contributed by atoms with Crippen molar-refractivity contribution in [1.82, 2.24) is 16.0 Å². The van der Waals surface area contributed by atoms with Crippen molar-refractivity contribution in [3.05, 3.63) is 179 Å². The molecule has 0 heterocycles. The number of hydrogen-bond acceptors (Lipinski definition) is 12. The SMILES string of the molecule is NP(OCCCCNC(=O)CCC(NC(=O)CCCCCNC(=O)c1ccc(F)cc1)C(=O)OCc1ccccc1)OCc1ccccc1.O=C(CCCC(=O)OCc1ccccc1)OCc1ccccc1. The highest BCUT2D eigenvalue weighted by Gasteiger charge is 2.23. The van der Waals surface area contributed by atoms with Crippen LogP contribution >= 0.6 is 8.53 Å². The van der Waals surface area contributed by atoms with Gasteiger partial charge in [-0.3, -0.25) is 29.5 Å². The van der Waals surface area contributed by atoms with Crippen LogP contribution in [-0.4, -0.2) is 61.4 Å². The van der Waals surface area contributed by atoms with Crippen molar-refractivity contribution in [2.24, 2.45) is 5.50 Å². The first-order chi connectivity index (χ1) is 35.0. The minimum atomic E-state index is -1.49. The summed E-state index contributed by atoms with van der Waals surface area (Å²) in [7, 11) is -1.49. The first-order valence-corrected chi connectivity index (χ1v) is 25.3. The monoisotopic (exact) mass is 1010 g/mol. The highest BCUT2D eigenvalue weighted by Crippen LogP contribution is 2.30. The highest BCUT2D eigenvalue weighted by molar-refractivity contribution is 7.44. The number of rotatable bonds is 31. The number of benzene rings is 5. The molecule has 5 N–H and O–H groups in total. The van der Waals surface area contributed by atoms with E-state index in [0.717, 1.165) is 22.3 Å². The number of hydrogen-bond donors (Lipinski definition) is 4. The number of halogens is 1. The molecule has 0 aliphatic rings. The van der Waals surface area contributed by atoms with Crippen LogP contribution in [0.4, 0.5) is 4.39 Å². The lowest BCUT2D eigenvalue weighted by Crippen LogP contribution is -2.42. The molecule has 0 spiro atoms. The third-order valence-electron chi connectivity index (χ3n) is 10.5. The Hall–Kier alpha value is -6.84. The Morgan fingerprint density at radius 2 is 0.972 bits per heavy atom. The van der Waals surface area contributed by atoms with Gasteiger partial charge in [-0.2, -0.15) is 0 Å². The van der Waals surface area contributed by atoms with E-state index in [4.69, 9.17) is 28.8 Å². The molecule has 0 bridgehead atoms. The van der Waals surface area contributed by atoms with E-state index in [2.05, 4.69) is 16.0 Å². The number of amides is 3. The summed E-state index contributed by atoms with van der Waals surface area (Å²) in [5.74, 6) is -2.49. The van der Waals surface area contributed by atoms with Gasteiger partial charge in [0.1, 0.15) is 31.7 Å². The van der Waals surface area contributed by atoms with E-state index < -0.39 is 26.4 Å². The maximum absolute atomic E-state index is 13.0. The summed E-state index contributed by atoms with van der Waals surface area (Å²) < 4.78 is 39.9. The minimum absolute atomic E-state index is 0.0249. The second-order valence-corrected chi connectivity index (χ2v) is 17.5. The van der Waals surface area contributed by atoms with E-state index in [1.54, 1.807) is 0 Å². The summed E-state index contributed by atoms with van der Waals surface area (Å²) in [5, 5.41) is 8.33. The molecule has 0 saturated carbocycles. The third-order valence-corrected chi connectivity index (χ3v) is 11.4. The average molecular weight is 1010 g/mol. The zero-order chi connectivity index (χ0) is 51.4. The zero-order valence-electron chi connectivity index (χ0n) is 40.6. The predicted octanol–water partition coefficient (Wildman–Crippen LogP) is 9.08. The molecule has 72 heavy (non-hydrogen) atoms. The van der Waals surface area contributed by atoms with Crippen LogP contribution in [0.25, 0.3) is 0 Å². The molecule has 2 atom stereocenters. The number of nitrogens with one attached hydrogen (secondary N) is 3. The molecule has 0 saturated heterocycles. The van der Waals surface area contributed by atoms with Gasteiger partial charge < -0.3 is 39.2 Å². The quantitative estimate of drug-likeness (QED) is 0.0142. The van der Waals surface area contributed by atoms with Crippen LogP contribution in [0.3, 0.4) is 0 Å². The lowest BCUT2D eigenvalue weighted by molar-refractivity contribution is -0.149. The Balaban J connectivity index is 0.000000406. The van der Waals surface area contributed by atoms with Crippen LogP contribution < -0.4 is 21.5 Å². The van der Waals surface area contributed by atoms with Gasteiger partial charge in [0, 0.05) is 44.3 Å². The topological polar surface area (TPSA) is 211 Å². The van der Waals surface area contributed by atoms with E-state index >= 15 is 0 Å². The van der Waals surface area contributed by atoms with Crippen LogP contribution in [0.5, 0.6) is 0 Å². The summed E-state index contributed by atoms with van der Waals surface area (Å²) in [4.78, 5) is 73.5. The first-order valence-electron chi connectivity index (χ1n) is 24.1. The molecule has 5 rings (SSSR count). The maximum Gasteiger partial charge on any atom is 0.328 e. The first kappa shape index (κ1) is 57.7. The van der Waals surface area contributed by atoms with Crippen LogP contribution in [0.1, 0.15) is 103 Å². The number of nitrogens with two attached hydrogens (primary N) is 1. The van der Waals surface area contributed by atoms with Gasteiger partial charge in [-0.15, -0.1) is 0 Å². The molecule has 15 nitrogen and oxygen atoms in total. The number of ether oxygens (including phenoxy) is 3. The van der Waals surface area contributed by atoms with Gasteiger partial charge in [-0.1, -0.05) is 128 Å². The normalized spacial score (nSPS) is 11.4. The molecule has 5 aromatic rings. The molecule has 17 heteroatoms. The Morgan fingerprint density at radius 3 is 1.51 bits per heavy atom. The largest absolute Gasteiger partial charge is 0.461 e. The van der Waals surface area contributed by atoms with E-state index in [1.807, 2.05) is 121 Å². The number of carbonyl (C=O) groups excluding carboxylic acids is 6. The van der Waals surface area contributed by atoms with Crippen molar-refractivity contribution in [3.8, 4) is 0 Å². The van der Waals surface area contributed by atoms with Gasteiger partial charge in [0.15, 0.2) is 0 Å². The van der Waals surface area contributed by atoms with Gasteiger partial charge in [0.05, 0.1) is 13.2 Å². The van der Waals surface area contributed by atoms with Crippen molar-refractivity contribution in [2.75, 3.05) is 19.7 Å². The number of unbranched alkanes of at least 4 members (excludes halogenated alkanes) is 3. The Bertz CT molecular complexity index is 2280. The molecular weight excluding hydrogens is 943 g/mol. The van der Waals surface area contributed by atoms with Gasteiger partial charge in [0.25, 0.3) is 14.4 Å². The average Bonchev–Trinajstić information content (AvgIpc) is 3.40. The summed E-state index contributed by atoms with van der Waals surface area (Å²) in [6.45, 7) is 2.19. The molecule has 5 aromatic carbocycles. The van der Waals surface area contributed by atoms with Crippen LogP contribution in [-0.2, 0) is 73.7 Å². The molecule has 0 aromatic heterocycles. The molecule has 0 radical (unpaired) electrons. The highest BCUT2D eigenvalue weighted by atomic mass is 31.2. The molecular formula is C55H66FN4O11P. The van der Waals surface area contributed by atoms with Gasteiger partial charge in [-0.25, -0.2) is 9.18 Å². The van der Waals surface area contributed by atoms with E-state index in [-0.39, 0.29) is 81.6 Å². The second kappa shape index (κ2) is 35.3. The van der Waals surface area contributed by atoms with E-state index in [9.17, 15) is 33.2 Å². The molecule has 0 aliphatic carbocycles. The molecule has 384 valence electrons. The lowest BCUT2D eigenvalue weighted by atomic mass is 10.1. The molecule has 2 unspecified atom stereocenters. The van der Waals surface area contributed by atoms with Crippen molar-refractivity contribution in [3.63, 3.8) is 0 Å². The Labute approximate surface area is 422 Å². The van der Waals surface area contributed by atoms with Gasteiger partial charge >= 0.3 is 17.9 Å². The number of carbonyl (C=O) groups is 6. The zero-order valence-corrected chi connectivity index (χ0v) is 41.4. The molecule has 3 amide bonds. The van der Waals surface area contributed by atoms with Gasteiger partial charge in [0.2, 0.25) is 11.8 Å². The van der Waals surface area contributed by atoms with Crippen LogP contribution in [0, 0.1) is 5.82 Å². The summed E-state index contributed by atoms with van der Waals surface area (Å²) in [6, 6.07) is 42.2. The van der Waals surface area contributed by atoms with Crippen molar-refractivity contribution in [1.29, 1.82) is 0 Å². The minimum Gasteiger partial charge on any atom is -0.461 e. The Morgan fingerprint density at radius 1 is 0.486 bits per heavy atom. The summed E-state index contributed by atoms with van der Waals surface area (Å²) in [6.07, 6.45) is 4.34. The smallest absolute Gasteiger partial charge is 0.328 e. The lowest BCUT2D eigenvalue weighted by Gasteiger charge is -2.18. The predicted molar refractivity (Wildman–Crippen MR) is 271 cm³/mol. The third kappa shape index (κ3) is 26.4. The van der Waals surface area contributed by atoms with E-state index in [1.165, 1.54) is 24.3 Å². The van der Waals surface area contributed by atoms with Crippen LogP contribution in [0.15, 0.2) is 146 Å². The Kier molecular flexibility index (Phi) is 28.3. The summed E-state index contributed by atoms with van der Waals surface area (Å²) in [5.41, 5.74) is 9.99. The van der Waals surface area contributed by atoms with Crippen molar-refractivity contribution >= 4 is 44.2 Å². The fourth-order valence-corrected chi connectivity index (χ4v) is 7.22. The maximum atomic E-state index is 13.0. The van der Waals surface area contributed by atoms with Gasteiger partial charge in [-0.05, 0) is 85.0 Å². The molecule has 0 aliphatic heterocycles. The fourth-order valence-electron chi connectivity index (χ4n) is 6.56.